The molecule has 0 saturated carbocycles. The molecule has 3 heteroatoms. The van der Waals surface area contributed by atoms with Gasteiger partial charge >= 0.3 is 26.2 Å². The number of nitrogens with one attached hydrogen (secondary N) is 1. The van der Waals surface area contributed by atoms with Crippen LogP contribution in [0, 0.1) is 10.2 Å². The van der Waals surface area contributed by atoms with Crippen LogP contribution in [0.1, 0.15) is 12.8 Å². The monoisotopic (exact) mass is 178 g/mol. The van der Waals surface area contributed by atoms with E-state index in [1.54, 1.807) is 21.0 Å². The fourth-order valence-electron chi connectivity index (χ4n) is 0.625. The topological polar surface area (TPSA) is 35.8 Å². The molecule has 0 aromatic rings. The third-order valence-corrected chi connectivity index (χ3v) is 0.957. The first-order valence-corrected chi connectivity index (χ1v) is 3.59. The van der Waals surface area contributed by atoms with Gasteiger partial charge < -0.3 is 5.32 Å². The number of nitrogens with zero attached hydrogens (tertiary/aromatic N) is 1. The predicted octanol–water partition coefficient (Wildman–Crippen LogP) is -0.262. The van der Waals surface area contributed by atoms with Gasteiger partial charge in [-0.2, -0.15) is 0 Å². The molecular formula is C5H10N2Se. The van der Waals surface area contributed by atoms with Crippen molar-refractivity contribution in [3.8, 4) is 4.97 Å². The molecule has 0 radical (unpaired) electrons. The van der Waals surface area contributed by atoms with E-state index in [1.165, 1.54) is 25.9 Å². The van der Waals surface area contributed by atoms with Crippen molar-refractivity contribution in [1.82, 2.24) is 5.32 Å². The van der Waals surface area contributed by atoms with Gasteiger partial charge in [-0.1, -0.05) is 0 Å². The van der Waals surface area contributed by atoms with E-state index in [2.05, 4.69) is 5.32 Å². The first-order chi connectivity index (χ1) is 3.91. The van der Waals surface area contributed by atoms with Gasteiger partial charge in [-0.25, -0.2) is 0 Å². The molecule has 0 aromatic heterocycles. The minimum atomic E-state index is 1.25. The summed E-state index contributed by atoms with van der Waals surface area (Å²) in [6.07, 6.45) is 2.78. The van der Waals surface area contributed by atoms with Crippen molar-refractivity contribution < 1.29 is 0 Å². The zero-order valence-electron chi connectivity index (χ0n) is 4.72. The molecule has 46 valence electrons. The number of hydrogen-bond acceptors (Lipinski definition) is 2. The summed E-state index contributed by atoms with van der Waals surface area (Å²) in [6, 6.07) is 0. The van der Waals surface area contributed by atoms with Crippen LogP contribution in [-0.4, -0.2) is 29.1 Å². The molecular weight excluding hydrogens is 167 g/mol. The summed E-state index contributed by atoms with van der Waals surface area (Å²) >= 11 is 1.77. The van der Waals surface area contributed by atoms with Gasteiger partial charge in [-0.05, 0) is 25.9 Å². The summed E-state index contributed by atoms with van der Waals surface area (Å²) in [5.74, 6) is 0. The average molecular weight is 177 g/mol. The van der Waals surface area contributed by atoms with Crippen molar-refractivity contribution in [2.45, 2.75) is 12.8 Å². The fraction of sp³-hybridized carbons (Fsp3) is 0.800. The predicted molar refractivity (Wildman–Crippen MR) is 34.9 cm³/mol. The van der Waals surface area contributed by atoms with Crippen molar-refractivity contribution in [3.63, 3.8) is 0 Å². The van der Waals surface area contributed by atoms with Gasteiger partial charge in [0.25, 0.3) is 0 Å². The van der Waals surface area contributed by atoms with Crippen LogP contribution in [0.2, 0.25) is 0 Å². The molecule has 8 heavy (non-hydrogen) atoms. The fourth-order valence-corrected chi connectivity index (χ4v) is 0.625. The van der Waals surface area contributed by atoms with Gasteiger partial charge in [0.15, 0.2) is 0 Å². The second kappa shape index (κ2) is 6.97. The van der Waals surface area contributed by atoms with Gasteiger partial charge in [0, 0.05) is 0 Å². The molecule has 1 fully saturated rings. The van der Waals surface area contributed by atoms with Gasteiger partial charge in [0.1, 0.15) is 0 Å². The summed E-state index contributed by atoms with van der Waals surface area (Å²) < 4.78 is 0. The van der Waals surface area contributed by atoms with Crippen molar-refractivity contribution in [2.75, 3.05) is 13.1 Å². The number of rotatable bonds is 0. The second-order valence-corrected chi connectivity index (χ2v) is 1.98. The SMILES string of the molecule is C1CCNC1.N#C[SeH]. The molecule has 0 spiro atoms. The van der Waals surface area contributed by atoms with E-state index in [0.717, 1.165) is 0 Å². The summed E-state index contributed by atoms with van der Waals surface area (Å²) in [6.45, 7) is 2.50. The normalized spacial score (nSPS) is 16.0. The van der Waals surface area contributed by atoms with E-state index < -0.39 is 0 Å². The van der Waals surface area contributed by atoms with Gasteiger partial charge in [-0.15, -0.1) is 0 Å². The maximum absolute atomic E-state index is 7.29. The average Bonchev–Trinajstić information content (AvgIpc) is 2.17. The summed E-state index contributed by atoms with van der Waals surface area (Å²) in [7, 11) is 0. The van der Waals surface area contributed by atoms with E-state index in [0.29, 0.717) is 0 Å². The third-order valence-electron chi connectivity index (χ3n) is 0.957. The molecule has 0 unspecified atom stereocenters. The van der Waals surface area contributed by atoms with E-state index >= 15 is 0 Å². The zero-order valence-corrected chi connectivity index (χ0v) is 6.60. The Balaban J connectivity index is 0.000000145. The second-order valence-electron chi connectivity index (χ2n) is 1.56. The Kier molecular flexibility index (Phi) is 6.94. The van der Waals surface area contributed by atoms with Crippen LogP contribution >= 0.6 is 0 Å². The minimum absolute atomic E-state index is 1.25. The first kappa shape index (κ1) is 7.97. The third kappa shape index (κ3) is 5.97. The van der Waals surface area contributed by atoms with Crippen LogP contribution in [0.15, 0.2) is 0 Å². The van der Waals surface area contributed by atoms with E-state index in [9.17, 15) is 0 Å². The molecule has 1 N–H and O–H groups in total. The standard InChI is InChI=1S/C4H9N.CHNSe/c1-2-4-5-3-1;2-1-3/h5H,1-4H2;3H. The van der Waals surface area contributed by atoms with Gasteiger partial charge in [0.05, 0.1) is 0 Å². The quantitative estimate of drug-likeness (QED) is 0.517. The van der Waals surface area contributed by atoms with Crippen molar-refractivity contribution >= 4 is 16.0 Å². The Morgan fingerprint density at radius 1 is 1.38 bits per heavy atom. The molecule has 1 aliphatic heterocycles. The Morgan fingerprint density at radius 3 is 1.88 bits per heavy atom. The molecule has 1 saturated heterocycles. The van der Waals surface area contributed by atoms with Crippen molar-refractivity contribution in [2.24, 2.45) is 0 Å². The van der Waals surface area contributed by atoms with Crippen LogP contribution < -0.4 is 5.32 Å². The Morgan fingerprint density at radius 2 is 1.75 bits per heavy atom. The first-order valence-electron chi connectivity index (χ1n) is 2.65. The van der Waals surface area contributed by atoms with Crippen LogP contribution in [0.4, 0.5) is 0 Å². The van der Waals surface area contributed by atoms with Gasteiger partial charge in [0.2, 0.25) is 0 Å². The summed E-state index contributed by atoms with van der Waals surface area (Å²) in [5.41, 5.74) is 0. The molecule has 0 bridgehead atoms. The van der Waals surface area contributed by atoms with Crippen molar-refractivity contribution in [1.29, 1.82) is 5.26 Å². The van der Waals surface area contributed by atoms with Crippen molar-refractivity contribution in [3.05, 3.63) is 0 Å². The number of hydrogen-bond donors (Lipinski definition) is 1. The van der Waals surface area contributed by atoms with Crippen LogP contribution in [0.25, 0.3) is 0 Å². The number of nitriles is 1. The van der Waals surface area contributed by atoms with Crippen LogP contribution in [-0.2, 0) is 0 Å². The Labute approximate surface area is 58.1 Å². The Hall–Kier alpha value is -0.0305. The molecule has 0 atom stereocenters. The molecule has 0 amide bonds. The molecule has 1 aliphatic rings. The Bertz CT molecular complexity index is 65.4. The molecule has 2 nitrogen and oxygen atoms in total. The van der Waals surface area contributed by atoms with E-state index in [1.807, 2.05) is 0 Å². The maximum atomic E-state index is 7.29. The molecule has 1 rings (SSSR count). The summed E-state index contributed by atoms with van der Waals surface area (Å²) in [4.78, 5) is 1.69. The van der Waals surface area contributed by atoms with Gasteiger partial charge in [-0.3, -0.25) is 0 Å². The van der Waals surface area contributed by atoms with Crippen LogP contribution in [0.5, 0.6) is 0 Å². The summed E-state index contributed by atoms with van der Waals surface area (Å²) in [5, 5.41) is 10.5. The molecule has 0 aliphatic carbocycles. The molecule has 0 aromatic carbocycles. The zero-order chi connectivity index (χ0) is 6.24. The van der Waals surface area contributed by atoms with E-state index in [-0.39, 0.29) is 0 Å². The van der Waals surface area contributed by atoms with Crippen LogP contribution in [0.3, 0.4) is 0 Å². The van der Waals surface area contributed by atoms with E-state index in [4.69, 9.17) is 5.26 Å². The molecule has 1 heterocycles.